The van der Waals surface area contributed by atoms with Gasteiger partial charge >= 0.3 is 0 Å². The standard InChI is InChI=1S/C20H24O/c1-13(21)14-6-7-15-11-17-18(12-16(15)10-14)20(4,5)9-8-19(17,2)3/h6-7,10-12H,8-9H2,1-5H3. The summed E-state index contributed by atoms with van der Waals surface area (Å²) >= 11 is 0. The fraction of sp³-hybridized carbons (Fsp3) is 0.450. The first-order valence-corrected chi connectivity index (χ1v) is 7.80. The molecule has 0 radical (unpaired) electrons. The Morgan fingerprint density at radius 3 is 1.90 bits per heavy atom. The van der Waals surface area contributed by atoms with E-state index in [4.69, 9.17) is 0 Å². The van der Waals surface area contributed by atoms with E-state index in [1.54, 1.807) is 6.92 Å². The van der Waals surface area contributed by atoms with Gasteiger partial charge in [-0.2, -0.15) is 0 Å². The van der Waals surface area contributed by atoms with E-state index in [-0.39, 0.29) is 16.6 Å². The number of benzene rings is 2. The van der Waals surface area contributed by atoms with Gasteiger partial charge in [-0.05, 0) is 58.6 Å². The average Bonchev–Trinajstić information content (AvgIpc) is 2.42. The highest BCUT2D eigenvalue weighted by Gasteiger charge is 2.37. The zero-order valence-electron chi connectivity index (χ0n) is 13.7. The van der Waals surface area contributed by atoms with Gasteiger partial charge in [0.05, 0.1) is 0 Å². The fourth-order valence-corrected chi connectivity index (χ4v) is 3.53. The van der Waals surface area contributed by atoms with Gasteiger partial charge in [-0.3, -0.25) is 4.79 Å². The number of hydrogen-bond donors (Lipinski definition) is 0. The summed E-state index contributed by atoms with van der Waals surface area (Å²) in [4.78, 5) is 11.6. The molecule has 0 fully saturated rings. The second kappa shape index (κ2) is 4.43. The van der Waals surface area contributed by atoms with Crippen molar-refractivity contribution in [3.63, 3.8) is 0 Å². The number of carbonyl (C=O) groups excluding carboxylic acids is 1. The minimum Gasteiger partial charge on any atom is -0.295 e. The number of fused-ring (bicyclic) bond motifs is 2. The van der Waals surface area contributed by atoms with E-state index >= 15 is 0 Å². The quantitative estimate of drug-likeness (QED) is 0.640. The molecule has 1 heteroatoms. The molecule has 0 saturated heterocycles. The lowest BCUT2D eigenvalue weighted by molar-refractivity contribution is 0.101. The molecule has 1 aliphatic carbocycles. The fourth-order valence-electron chi connectivity index (χ4n) is 3.53. The van der Waals surface area contributed by atoms with Gasteiger partial charge in [0.15, 0.2) is 5.78 Å². The molecular weight excluding hydrogens is 256 g/mol. The molecule has 2 aromatic rings. The van der Waals surface area contributed by atoms with Crippen LogP contribution in [0.3, 0.4) is 0 Å². The van der Waals surface area contributed by atoms with E-state index in [1.165, 1.54) is 34.7 Å². The summed E-state index contributed by atoms with van der Waals surface area (Å²) in [6.45, 7) is 11.0. The molecule has 3 rings (SSSR count). The van der Waals surface area contributed by atoms with Crippen LogP contribution in [-0.2, 0) is 10.8 Å². The van der Waals surface area contributed by atoms with Crippen LogP contribution in [0.15, 0.2) is 30.3 Å². The van der Waals surface area contributed by atoms with Gasteiger partial charge < -0.3 is 0 Å². The SMILES string of the molecule is CC(=O)c1ccc2cc3c(cc2c1)C(C)(C)CCC3(C)C. The molecule has 0 aliphatic heterocycles. The summed E-state index contributed by atoms with van der Waals surface area (Å²) < 4.78 is 0. The molecule has 110 valence electrons. The molecule has 0 saturated carbocycles. The number of carbonyl (C=O) groups is 1. The zero-order valence-corrected chi connectivity index (χ0v) is 13.7. The first-order chi connectivity index (χ1) is 9.71. The van der Waals surface area contributed by atoms with Crippen LogP contribution in [0.5, 0.6) is 0 Å². The van der Waals surface area contributed by atoms with Gasteiger partial charge in [0.2, 0.25) is 0 Å². The highest BCUT2D eigenvalue weighted by atomic mass is 16.1. The summed E-state index contributed by atoms with van der Waals surface area (Å²) in [6, 6.07) is 10.7. The number of Topliss-reactive ketones (excluding diaryl/α,β-unsaturated/α-hetero) is 1. The Labute approximate surface area is 127 Å². The van der Waals surface area contributed by atoms with Crippen molar-refractivity contribution in [2.24, 2.45) is 0 Å². The van der Waals surface area contributed by atoms with Crippen LogP contribution in [0.2, 0.25) is 0 Å². The van der Waals surface area contributed by atoms with E-state index in [0.717, 1.165) is 5.56 Å². The molecule has 1 nitrogen and oxygen atoms in total. The average molecular weight is 280 g/mol. The second-order valence-corrected chi connectivity index (χ2v) is 7.78. The van der Waals surface area contributed by atoms with Crippen LogP contribution in [0, 0.1) is 0 Å². The van der Waals surface area contributed by atoms with E-state index in [2.05, 4.69) is 45.9 Å². The molecule has 0 aromatic heterocycles. The second-order valence-electron chi connectivity index (χ2n) is 7.78. The van der Waals surface area contributed by atoms with Gasteiger partial charge in [0, 0.05) is 5.56 Å². The third-order valence-electron chi connectivity index (χ3n) is 5.22. The highest BCUT2D eigenvalue weighted by Crippen LogP contribution is 2.46. The summed E-state index contributed by atoms with van der Waals surface area (Å²) in [5.41, 5.74) is 4.17. The van der Waals surface area contributed by atoms with Crippen molar-refractivity contribution in [1.82, 2.24) is 0 Å². The highest BCUT2D eigenvalue weighted by molar-refractivity contribution is 5.98. The first kappa shape index (κ1) is 14.3. The van der Waals surface area contributed by atoms with Gasteiger partial charge in [-0.15, -0.1) is 0 Å². The third-order valence-corrected chi connectivity index (χ3v) is 5.22. The predicted molar refractivity (Wildman–Crippen MR) is 89.2 cm³/mol. The topological polar surface area (TPSA) is 17.1 Å². The van der Waals surface area contributed by atoms with Crippen LogP contribution in [0.25, 0.3) is 10.8 Å². The smallest absolute Gasteiger partial charge is 0.159 e. The van der Waals surface area contributed by atoms with Gasteiger partial charge in [0.1, 0.15) is 0 Å². The van der Waals surface area contributed by atoms with Crippen molar-refractivity contribution in [3.05, 3.63) is 47.0 Å². The lowest BCUT2D eigenvalue weighted by Crippen LogP contribution is -2.33. The number of hydrogen-bond acceptors (Lipinski definition) is 1. The maximum atomic E-state index is 11.6. The van der Waals surface area contributed by atoms with Crippen molar-refractivity contribution in [2.75, 3.05) is 0 Å². The largest absolute Gasteiger partial charge is 0.295 e. The van der Waals surface area contributed by atoms with Gasteiger partial charge in [0.25, 0.3) is 0 Å². The van der Waals surface area contributed by atoms with Crippen LogP contribution in [0.1, 0.15) is 68.9 Å². The normalized spacial score (nSPS) is 19.3. The van der Waals surface area contributed by atoms with E-state index < -0.39 is 0 Å². The Bertz CT molecular complexity index is 735. The van der Waals surface area contributed by atoms with Crippen molar-refractivity contribution in [2.45, 2.75) is 58.3 Å². The molecule has 0 N–H and O–H groups in total. The third kappa shape index (κ3) is 2.29. The molecule has 0 spiro atoms. The molecule has 1 aliphatic rings. The Morgan fingerprint density at radius 1 is 0.857 bits per heavy atom. The van der Waals surface area contributed by atoms with E-state index in [0.29, 0.717) is 0 Å². The van der Waals surface area contributed by atoms with Crippen LogP contribution in [0.4, 0.5) is 0 Å². The summed E-state index contributed by atoms with van der Waals surface area (Å²) in [5, 5.41) is 2.43. The Balaban J connectivity index is 2.30. The number of ketones is 1. The van der Waals surface area contributed by atoms with E-state index in [9.17, 15) is 4.79 Å². The Hall–Kier alpha value is -1.63. The molecule has 21 heavy (non-hydrogen) atoms. The molecule has 0 atom stereocenters. The van der Waals surface area contributed by atoms with Gasteiger partial charge in [-0.1, -0.05) is 52.0 Å². The van der Waals surface area contributed by atoms with Crippen LogP contribution >= 0.6 is 0 Å². The van der Waals surface area contributed by atoms with Crippen LogP contribution in [-0.4, -0.2) is 5.78 Å². The van der Waals surface area contributed by atoms with Crippen molar-refractivity contribution in [3.8, 4) is 0 Å². The Kier molecular flexibility index (Phi) is 3.02. The molecule has 0 bridgehead atoms. The summed E-state index contributed by atoms with van der Waals surface area (Å²) in [5.74, 6) is 0.134. The maximum Gasteiger partial charge on any atom is 0.159 e. The minimum atomic E-state index is 0.134. The van der Waals surface area contributed by atoms with Gasteiger partial charge in [-0.25, -0.2) is 0 Å². The minimum absolute atomic E-state index is 0.134. The maximum absolute atomic E-state index is 11.6. The van der Waals surface area contributed by atoms with Crippen molar-refractivity contribution < 1.29 is 4.79 Å². The lowest BCUT2D eigenvalue weighted by Gasteiger charge is -2.42. The summed E-state index contributed by atoms with van der Waals surface area (Å²) in [6.07, 6.45) is 2.44. The predicted octanol–water partition coefficient (Wildman–Crippen LogP) is 5.39. The summed E-state index contributed by atoms with van der Waals surface area (Å²) in [7, 11) is 0. The molecule has 0 amide bonds. The molecule has 2 aromatic carbocycles. The van der Waals surface area contributed by atoms with Crippen LogP contribution < -0.4 is 0 Å². The lowest BCUT2D eigenvalue weighted by atomic mass is 9.63. The monoisotopic (exact) mass is 280 g/mol. The molecule has 0 unspecified atom stereocenters. The molecular formula is C20H24O. The zero-order chi connectivity index (χ0) is 15.4. The van der Waals surface area contributed by atoms with Crippen molar-refractivity contribution >= 4 is 16.6 Å². The first-order valence-electron chi connectivity index (χ1n) is 7.80. The Morgan fingerprint density at radius 2 is 1.38 bits per heavy atom. The van der Waals surface area contributed by atoms with E-state index in [1.807, 2.05) is 12.1 Å². The number of rotatable bonds is 1. The van der Waals surface area contributed by atoms with Crippen molar-refractivity contribution in [1.29, 1.82) is 0 Å². The molecule has 0 heterocycles.